The van der Waals surface area contributed by atoms with Gasteiger partial charge in [-0.2, -0.15) is 0 Å². The minimum Gasteiger partial charge on any atom is -0.360 e. The van der Waals surface area contributed by atoms with Crippen molar-refractivity contribution in [2.75, 3.05) is 42.7 Å². The van der Waals surface area contributed by atoms with Crippen molar-refractivity contribution in [2.24, 2.45) is 0 Å². The summed E-state index contributed by atoms with van der Waals surface area (Å²) in [6.07, 6.45) is 0. The molecule has 0 aromatic rings. The molecule has 0 saturated heterocycles. The monoisotopic (exact) mass is 400 g/mol. The predicted octanol–water partition coefficient (Wildman–Crippen LogP) is -2.00. The first-order chi connectivity index (χ1) is 11.0. The second kappa shape index (κ2) is 13.9. The summed E-state index contributed by atoms with van der Waals surface area (Å²) in [6, 6.07) is 3.77. The number of methoxy groups -OCH3 is 6. The fraction of sp³-hybridized carbons (Fsp3) is 1.00. The van der Waals surface area contributed by atoms with Gasteiger partial charge in [-0.25, -0.2) is 0 Å². The van der Waals surface area contributed by atoms with Crippen LogP contribution in [-0.2, 0) is 28.4 Å². The van der Waals surface area contributed by atoms with Gasteiger partial charge in [-0.05, 0) is 0 Å². The van der Waals surface area contributed by atoms with Crippen molar-refractivity contribution in [2.45, 2.75) is 40.9 Å². The van der Waals surface area contributed by atoms with Crippen LogP contribution < -0.4 is 0 Å². The van der Waals surface area contributed by atoms with E-state index in [1.807, 2.05) is 0 Å². The maximum atomic E-state index is 5.41. The summed E-state index contributed by atoms with van der Waals surface area (Å²) < 4.78 is 32.5. The van der Waals surface area contributed by atoms with Gasteiger partial charge in [-0.15, -0.1) is 0 Å². The lowest BCUT2D eigenvalue weighted by molar-refractivity contribution is -0.0453. The van der Waals surface area contributed by atoms with Crippen LogP contribution in [-0.4, -0.2) is 99.2 Å². The van der Waals surface area contributed by atoms with Crippen LogP contribution in [0.15, 0.2) is 0 Å². The third-order valence-electron chi connectivity index (χ3n) is 4.53. The normalized spacial score (nSPS) is 16.6. The Balaban J connectivity index is 4.66. The highest BCUT2D eigenvalue weighted by molar-refractivity contribution is 6.46. The molecular weight excluding hydrogens is 364 g/mol. The average Bonchev–Trinajstić information content (AvgIpc) is 2.57. The van der Waals surface area contributed by atoms with E-state index in [9.17, 15) is 0 Å². The number of hydrogen-bond acceptors (Lipinski definition) is 6. The van der Waals surface area contributed by atoms with E-state index in [-0.39, 0.29) is 17.7 Å². The van der Waals surface area contributed by atoms with E-state index in [1.54, 1.807) is 42.7 Å². The van der Waals surface area contributed by atoms with Gasteiger partial charge in [0, 0.05) is 52.9 Å². The summed E-state index contributed by atoms with van der Waals surface area (Å²) in [5, 5.41) is 0.435. The molecule has 0 fully saturated rings. The highest BCUT2D eigenvalue weighted by Crippen LogP contribution is 2.37. The van der Waals surface area contributed by atoms with Crippen LogP contribution in [0.5, 0.6) is 0 Å². The molecule has 0 aromatic heterocycles. The molecule has 0 aliphatic heterocycles. The van der Waals surface area contributed by atoms with Crippen molar-refractivity contribution in [1.82, 2.24) is 0 Å². The number of ether oxygens (including phenoxy) is 6. The first-order valence-electron chi connectivity index (χ1n) is 8.15. The minimum absolute atomic E-state index is 0.0213. The zero-order valence-corrected chi connectivity index (χ0v) is 22.2. The van der Waals surface area contributed by atoms with E-state index in [2.05, 4.69) is 0 Å². The van der Waals surface area contributed by atoms with E-state index < -0.39 is 28.6 Å². The van der Waals surface area contributed by atoms with Crippen molar-refractivity contribution in [3.8, 4) is 0 Å². The highest BCUT2D eigenvalue weighted by Gasteiger charge is 2.28. The lowest BCUT2D eigenvalue weighted by atomic mass is 10.2. The van der Waals surface area contributed by atoms with Gasteiger partial charge in [-0.1, -0.05) is 23.2 Å². The largest absolute Gasteiger partial charge is 0.360 e. The molecule has 0 amide bonds. The molecule has 0 N–H and O–H groups in total. The summed E-state index contributed by atoms with van der Waals surface area (Å²) in [7, 11) is 10.3. The van der Waals surface area contributed by atoms with Crippen molar-refractivity contribution in [1.29, 1.82) is 0 Å². The fourth-order valence-electron chi connectivity index (χ4n) is 2.77. The first-order valence-corrected chi connectivity index (χ1v) is 14.6. The Labute approximate surface area is 151 Å². The maximum Gasteiger partial charge on any atom is 0.134 e. The zero-order chi connectivity index (χ0) is 17.7. The van der Waals surface area contributed by atoms with Gasteiger partial charge in [0.1, 0.15) is 17.7 Å². The van der Waals surface area contributed by atoms with E-state index in [4.69, 9.17) is 28.4 Å². The van der Waals surface area contributed by atoms with Crippen molar-refractivity contribution >= 4 is 38.8 Å². The van der Waals surface area contributed by atoms with Gasteiger partial charge in [0.05, 0.1) is 28.6 Å². The first kappa shape index (κ1) is 23.6. The third-order valence-corrected chi connectivity index (χ3v) is 16.9. The molecule has 10 heteroatoms. The van der Waals surface area contributed by atoms with Crippen LogP contribution in [0.4, 0.5) is 0 Å². The molecule has 0 saturated carbocycles. The van der Waals surface area contributed by atoms with Gasteiger partial charge in [0.25, 0.3) is 0 Å². The standard InChI is InChI=1S/C13H36O6Si4/c1-14-10(15-2)21-7-13(20,8-22-11(16-3)17-4)9-23-12(18-5)19-6/h10-12H,7-9,21-23H2,1-6,20H3. The van der Waals surface area contributed by atoms with Gasteiger partial charge in [0.15, 0.2) is 0 Å². The summed E-state index contributed by atoms with van der Waals surface area (Å²) in [5.41, 5.74) is 0. The van der Waals surface area contributed by atoms with E-state index in [0.717, 1.165) is 0 Å². The second-order valence-electron chi connectivity index (χ2n) is 6.13. The molecule has 0 radical (unpaired) electrons. The molecular formula is C13H36O6Si4. The SMILES string of the molecule is COC(OC)[SiH2]CC([SiH3])(C[SiH2]C(OC)OC)C[SiH2]C(OC)OC. The third kappa shape index (κ3) is 10.3. The van der Waals surface area contributed by atoms with E-state index >= 15 is 0 Å². The molecule has 140 valence electrons. The number of hydrogen-bond donors (Lipinski definition) is 0. The summed E-state index contributed by atoms with van der Waals surface area (Å²) in [6.45, 7) is 0. The maximum absolute atomic E-state index is 5.41. The predicted molar refractivity (Wildman–Crippen MR) is 106 cm³/mol. The topological polar surface area (TPSA) is 55.4 Å². The molecule has 0 aromatic carbocycles. The van der Waals surface area contributed by atoms with Gasteiger partial charge >= 0.3 is 0 Å². The van der Waals surface area contributed by atoms with Crippen molar-refractivity contribution in [3.05, 3.63) is 0 Å². The molecule has 0 aliphatic rings. The Hall–Kier alpha value is 0.628. The van der Waals surface area contributed by atoms with Crippen LogP contribution >= 0.6 is 0 Å². The molecule has 0 heterocycles. The van der Waals surface area contributed by atoms with Crippen LogP contribution in [0.2, 0.25) is 23.2 Å². The van der Waals surface area contributed by atoms with Crippen LogP contribution in [0.1, 0.15) is 0 Å². The van der Waals surface area contributed by atoms with Crippen molar-refractivity contribution < 1.29 is 28.4 Å². The lowest BCUT2D eigenvalue weighted by Crippen LogP contribution is -2.32. The second-order valence-corrected chi connectivity index (χ2v) is 13.5. The smallest absolute Gasteiger partial charge is 0.134 e. The highest BCUT2D eigenvalue weighted by atomic mass is 28.2. The van der Waals surface area contributed by atoms with E-state index in [0.29, 0.717) is 5.04 Å². The van der Waals surface area contributed by atoms with Crippen LogP contribution in [0.25, 0.3) is 0 Å². The quantitative estimate of drug-likeness (QED) is 0.234. The summed E-state index contributed by atoms with van der Waals surface area (Å²) >= 11 is 0. The average molecular weight is 401 g/mol. The van der Waals surface area contributed by atoms with Crippen LogP contribution in [0, 0.1) is 0 Å². The van der Waals surface area contributed by atoms with Gasteiger partial charge in [-0.3, -0.25) is 0 Å². The number of rotatable bonds is 15. The minimum atomic E-state index is -0.422. The summed E-state index contributed by atoms with van der Waals surface area (Å²) in [4.78, 5) is 0. The van der Waals surface area contributed by atoms with E-state index in [1.165, 1.54) is 28.4 Å². The molecule has 0 unspecified atom stereocenters. The van der Waals surface area contributed by atoms with Crippen LogP contribution in [0.3, 0.4) is 0 Å². The Morgan fingerprint density at radius 2 is 0.826 bits per heavy atom. The molecule has 0 rings (SSSR count). The summed E-state index contributed by atoms with van der Waals surface area (Å²) in [5.74, 6) is 0.0638. The lowest BCUT2D eigenvalue weighted by Gasteiger charge is -2.32. The molecule has 6 nitrogen and oxygen atoms in total. The Morgan fingerprint density at radius 3 is 1.00 bits per heavy atom. The van der Waals surface area contributed by atoms with Gasteiger partial charge in [0.2, 0.25) is 0 Å². The Morgan fingerprint density at radius 1 is 0.609 bits per heavy atom. The van der Waals surface area contributed by atoms with Gasteiger partial charge < -0.3 is 28.4 Å². The molecule has 0 aliphatic carbocycles. The Bertz CT molecular complexity index is 234. The molecule has 0 spiro atoms. The molecule has 0 atom stereocenters. The van der Waals surface area contributed by atoms with Crippen molar-refractivity contribution in [3.63, 3.8) is 0 Å². The fourth-order valence-corrected chi connectivity index (χ4v) is 12.6. The molecule has 23 heavy (non-hydrogen) atoms. The Kier molecular flexibility index (Phi) is 14.2. The molecule has 0 bridgehead atoms. The zero-order valence-electron chi connectivity index (χ0n) is 15.9.